The van der Waals surface area contributed by atoms with Crippen LogP contribution in [0, 0.1) is 0 Å². The minimum absolute atomic E-state index is 0.000379. The number of amides is 2. The Balaban J connectivity index is 1.36. The van der Waals surface area contributed by atoms with E-state index >= 15 is 0 Å². The molecule has 32 heavy (non-hydrogen) atoms. The maximum Gasteiger partial charge on any atom is 0.417 e. The number of pyridine rings is 1. The minimum atomic E-state index is -4.48. The highest BCUT2D eigenvalue weighted by Crippen LogP contribution is 2.40. The van der Waals surface area contributed by atoms with Gasteiger partial charge in [-0.05, 0) is 31.4 Å². The number of fused-ring (bicyclic) bond motifs is 1. The van der Waals surface area contributed by atoms with E-state index in [0.717, 1.165) is 30.5 Å². The molecule has 7 nitrogen and oxygen atoms in total. The van der Waals surface area contributed by atoms with Crippen LogP contribution >= 0.6 is 0 Å². The molecule has 168 valence electrons. The summed E-state index contributed by atoms with van der Waals surface area (Å²) in [5, 5.41) is 2.87. The van der Waals surface area contributed by atoms with Crippen LogP contribution in [0.25, 0.3) is 0 Å². The molecule has 1 atom stereocenters. The van der Waals surface area contributed by atoms with E-state index in [4.69, 9.17) is 9.47 Å². The van der Waals surface area contributed by atoms with Crippen molar-refractivity contribution in [3.8, 4) is 17.4 Å². The van der Waals surface area contributed by atoms with Crippen LogP contribution in [0.1, 0.15) is 36.8 Å². The van der Waals surface area contributed by atoms with E-state index in [9.17, 15) is 22.8 Å². The van der Waals surface area contributed by atoms with Gasteiger partial charge in [0.2, 0.25) is 17.7 Å². The molecule has 1 aromatic carbocycles. The van der Waals surface area contributed by atoms with E-state index in [0.29, 0.717) is 49.3 Å². The van der Waals surface area contributed by atoms with Crippen LogP contribution in [-0.4, -0.2) is 40.4 Å². The average Bonchev–Trinajstić information content (AvgIpc) is 3.32. The molecule has 5 rings (SSSR count). The van der Waals surface area contributed by atoms with Gasteiger partial charge in [0.1, 0.15) is 17.5 Å². The quantitative estimate of drug-likeness (QED) is 0.752. The molecule has 1 N–H and O–H groups in total. The normalized spacial score (nSPS) is 20.2. The van der Waals surface area contributed by atoms with Crippen molar-refractivity contribution in [1.29, 1.82) is 0 Å². The number of alkyl halides is 3. The second-order valence-electron chi connectivity index (χ2n) is 8.12. The van der Waals surface area contributed by atoms with Crippen molar-refractivity contribution in [1.82, 2.24) is 9.88 Å². The summed E-state index contributed by atoms with van der Waals surface area (Å²) in [6.45, 7) is 0.441. The molecule has 1 aromatic heterocycles. The Morgan fingerprint density at radius 3 is 2.69 bits per heavy atom. The number of carbonyl (C=O) groups is 2. The van der Waals surface area contributed by atoms with Crippen LogP contribution in [0.2, 0.25) is 0 Å². The number of likely N-dealkylation sites (tertiary alicyclic amines) is 1. The molecule has 1 unspecified atom stereocenters. The number of ether oxygens (including phenoxy) is 2. The maximum atomic E-state index is 13.0. The first kappa shape index (κ1) is 20.6. The van der Waals surface area contributed by atoms with Crippen LogP contribution in [0.5, 0.6) is 17.4 Å². The number of hydrogen-bond donors (Lipinski definition) is 1. The van der Waals surface area contributed by atoms with Gasteiger partial charge < -0.3 is 19.7 Å². The van der Waals surface area contributed by atoms with Gasteiger partial charge in [-0.2, -0.15) is 13.2 Å². The van der Waals surface area contributed by atoms with Gasteiger partial charge >= 0.3 is 6.18 Å². The zero-order chi connectivity index (χ0) is 22.5. The van der Waals surface area contributed by atoms with E-state index in [1.165, 1.54) is 0 Å². The predicted molar refractivity (Wildman–Crippen MR) is 106 cm³/mol. The highest BCUT2D eigenvalue weighted by atomic mass is 19.4. The summed E-state index contributed by atoms with van der Waals surface area (Å²) in [6.07, 6.45) is -0.523. The number of rotatable bonds is 5. The molecule has 3 heterocycles. The second-order valence-corrected chi connectivity index (χ2v) is 8.12. The van der Waals surface area contributed by atoms with Crippen molar-refractivity contribution in [2.24, 2.45) is 0 Å². The molecule has 3 aliphatic rings. The molecule has 2 amide bonds. The Kier molecular flexibility index (Phi) is 4.94. The largest absolute Gasteiger partial charge is 0.491 e. The van der Waals surface area contributed by atoms with Crippen molar-refractivity contribution in [2.75, 3.05) is 11.9 Å². The molecule has 1 saturated heterocycles. The third-order valence-corrected chi connectivity index (χ3v) is 5.80. The van der Waals surface area contributed by atoms with Gasteiger partial charge in [-0.3, -0.25) is 9.59 Å². The van der Waals surface area contributed by atoms with Crippen molar-refractivity contribution < 1.29 is 32.2 Å². The lowest BCUT2D eigenvalue weighted by Crippen LogP contribution is -2.42. The number of aromatic nitrogens is 1. The maximum absolute atomic E-state index is 13.0. The van der Waals surface area contributed by atoms with E-state index in [1.807, 2.05) is 0 Å². The molecule has 2 fully saturated rings. The minimum Gasteiger partial charge on any atom is -0.491 e. The van der Waals surface area contributed by atoms with Crippen molar-refractivity contribution in [3.63, 3.8) is 0 Å². The topological polar surface area (TPSA) is 80.8 Å². The van der Waals surface area contributed by atoms with Gasteiger partial charge in [-0.15, -0.1) is 0 Å². The summed E-state index contributed by atoms with van der Waals surface area (Å²) in [6, 6.07) is 4.93. The molecule has 1 saturated carbocycles. The monoisotopic (exact) mass is 447 g/mol. The number of benzene rings is 1. The Morgan fingerprint density at radius 2 is 2.00 bits per heavy atom. The highest BCUT2D eigenvalue weighted by molar-refractivity contribution is 6.00. The lowest BCUT2D eigenvalue weighted by atomic mass is 10.1. The highest BCUT2D eigenvalue weighted by Gasteiger charge is 2.44. The fourth-order valence-corrected chi connectivity index (χ4v) is 4.15. The van der Waals surface area contributed by atoms with E-state index in [1.54, 1.807) is 17.0 Å². The van der Waals surface area contributed by atoms with Crippen LogP contribution in [-0.2, 0) is 22.2 Å². The van der Waals surface area contributed by atoms with Gasteiger partial charge in [0.05, 0.1) is 17.9 Å². The lowest BCUT2D eigenvalue weighted by Gasteiger charge is -2.24. The zero-order valence-electron chi connectivity index (χ0n) is 16.9. The average molecular weight is 447 g/mol. The van der Waals surface area contributed by atoms with Gasteiger partial charge in [-0.25, -0.2) is 4.98 Å². The number of anilines is 1. The molecular weight excluding hydrogens is 427 g/mol. The third kappa shape index (κ3) is 3.96. The summed E-state index contributed by atoms with van der Waals surface area (Å²) in [7, 11) is 0. The fraction of sp³-hybridized carbons (Fsp3) is 0.409. The molecule has 0 spiro atoms. The van der Waals surface area contributed by atoms with Crippen molar-refractivity contribution in [2.45, 2.75) is 50.4 Å². The lowest BCUT2D eigenvalue weighted by molar-refractivity contribution is -0.137. The first-order valence-corrected chi connectivity index (χ1v) is 10.4. The van der Waals surface area contributed by atoms with Gasteiger partial charge in [0, 0.05) is 42.8 Å². The smallest absolute Gasteiger partial charge is 0.417 e. The van der Waals surface area contributed by atoms with Crippen LogP contribution in [0.15, 0.2) is 30.5 Å². The molecular formula is C22H20F3N3O4. The fourth-order valence-electron chi connectivity index (χ4n) is 4.15. The number of halogens is 3. The molecule has 1 aliphatic carbocycles. The standard InChI is InChI=1S/C22H20F3N3O4/c23-22(24,25)13-1-5-18(26-11-13)32-15-9-12-7-8-31-20(12)16(10-15)27-21(30)17-4-6-19(29)28(17)14-2-3-14/h1,5,9-11,14,17H,2-4,6-8H2,(H,27,30). The van der Waals surface area contributed by atoms with Crippen LogP contribution in [0.3, 0.4) is 0 Å². The van der Waals surface area contributed by atoms with Crippen molar-refractivity contribution in [3.05, 3.63) is 41.6 Å². The summed E-state index contributed by atoms with van der Waals surface area (Å²) in [5.74, 6) is 0.562. The van der Waals surface area contributed by atoms with E-state index < -0.39 is 17.8 Å². The molecule has 2 aromatic rings. The Morgan fingerprint density at radius 1 is 1.19 bits per heavy atom. The number of nitrogens with zero attached hydrogens (tertiary/aromatic N) is 2. The number of carbonyl (C=O) groups excluding carboxylic acids is 2. The SMILES string of the molecule is O=C(Nc1cc(Oc2ccc(C(F)(F)F)cn2)cc2c1OCC2)C1CCC(=O)N1C1CC1. The van der Waals surface area contributed by atoms with Gasteiger partial charge in [0.15, 0.2) is 0 Å². The molecule has 10 heteroatoms. The van der Waals surface area contributed by atoms with E-state index in [2.05, 4.69) is 10.3 Å². The summed E-state index contributed by atoms with van der Waals surface area (Å²) in [4.78, 5) is 30.6. The Labute approximate surface area is 181 Å². The zero-order valence-corrected chi connectivity index (χ0v) is 16.9. The molecule has 2 aliphatic heterocycles. The summed E-state index contributed by atoms with van der Waals surface area (Å²) in [5.41, 5.74) is 0.347. The van der Waals surface area contributed by atoms with Crippen LogP contribution in [0.4, 0.5) is 18.9 Å². The Bertz CT molecular complexity index is 1070. The first-order chi connectivity index (χ1) is 15.3. The van der Waals surface area contributed by atoms with Crippen molar-refractivity contribution >= 4 is 17.5 Å². The van der Waals surface area contributed by atoms with Crippen LogP contribution < -0.4 is 14.8 Å². The summed E-state index contributed by atoms with van der Waals surface area (Å²) < 4.78 is 49.6. The predicted octanol–water partition coefficient (Wildman–Crippen LogP) is 3.92. The van der Waals surface area contributed by atoms with Gasteiger partial charge in [-0.1, -0.05) is 0 Å². The second kappa shape index (κ2) is 7.68. The van der Waals surface area contributed by atoms with Gasteiger partial charge in [0.25, 0.3) is 0 Å². The first-order valence-electron chi connectivity index (χ1n) is 10.4. The Hall–Kier alpha value is -3.30. The number of nitrogens with one attached hydrogen (secondary N) is 1. The summed E-state index contributed by atoms with van der Waals surface area (Å²) >= 11 is 0. The third-order valence-electron chi connectivity index (χ3n) is 5.80. The van der Waals surface area contributed by atoms with E-state index in [-0.39, 0.29) is 23.7 Å². The molecule has 0 bridgehead atoms. The number of hydrogen-bond acceptors (Lipinski definition) is 5. The molecule has 0 radical (unpaired) electrons.